The average molecular weight is 330 g/mol. The number of carbonyl (C=O) groups is 3. The summed E-state index contributed by atoms with van der Waals surface area (Å²) in [4.78, 5) is 37.4. The Balaban J connectivity index is 1.69. The molecule has 0 aromatic heterocycles. The highest BCUT2D eigenvalue weighted by Crippen LogP contribution is 2.66. The molecule has 0 aromatic rings. The number of hydrogen-bond donors (Lipinski definition) is 0. The fraction of sp³-hybridized carbons (Fsp3) is 0.857. The van der Waals surface area contributed by atoms with E-state index in [1.165, 1.54) is 0 Å². The van der Waals surface area contributed by atoms with Crippen LogP contribution in [0.25, 0.3) is 0 Å². The number of Topliss-reactive ketones (excluding diaryl/α,β-unsaturated/α-hetero) is 3. The van der Waals surface area contributed by atoms with Crippen LogP contribution in [0.5, 0.6) is 0 Å². The lowest BCUT2D eigenvalue weighted by Crippen LogP contribution is -2.57. The Morgan fingerprint density at radius 3 is 2.50 bits per heavy atom. The zero-order chi connectivity index (χ0) is 17.3. The lowest BCUT2D eigenvalue weighted by molar-refractivity contribution is -0.161. The predicted molar refractivity (Wildman–Crippen MR) is 91.3 cm³/mol. The van der Waals surface area contributed by atoms with Gasteiger partial charge in [-0.2, -0.15) is 0 Å². The molecule has 0 aliphatic heterocycles. The highest BCUT2D eigenvalue weighted by molar-refractivity contribution is 5.87. The summed E-state index contributed by atoms with van der Waals surface area (Å²) in [7, 11) is 0. The molecule has 0 saturated heterocycles. The number of fused-ring (bicyclic) bond motifs is 5. The topological polar surface area (TPSA) is 51.2 Å². The van der Waals surface area contributed by atoms with Crippen LogP contribution in [0.1, 0.15) is 72.1 Å². The van der Waals surface area contributed by atoms with Crippen molar-refractivity contribution in [3.63, 3.8) is 0 Å². The van der Waals surface area contributed by atoms with Crippen molar-refractivity contribution in [2.24, 2.45) is 40.4 Å². The summed E-state index contributed by atoms with van der Waals surface area (Å²) in [6.45, 7) is 6.21. The van der Waals surface area contributed by atoms with Gasteiger partial charge in [-0.25, -0.2) is 0 Å². The summed E-state index contributed by atoms with van der Waals surface area (Å²) in [5, 5.41) is 0. The molecule has 4 aliphatic carbocycles. The first-order valence-electron chi connectivity index (χ1n) is 9.82. The van der Waals surface area contributed by atoms with Gasteiger partial charge >= 0.3 is 0 Å². The largest absolute Gasteiger partial charge is 0.300 e. The quantitative estimate of drug-likeness (QED) is 0.730. The Bertz CT molecular complexity index is 608. The van der Waals surface area contributed by atoms with Crippen molar-refractivity contribution in [3.05, 3.63) is 0 Å². The van der Waals surface area contributed by atoms with Gasteiger partial charge in [0.25, 0.3) is 0 Å². The van der Waals surface area contributed by atoms with Gasteiger partial charge in [0, 0.05) is 31.1 Å². The van der Waals surface area contributed by atoms with E-state index in [0.717, 1.165) is 32.1 Å². The minimum absolute atomic E-state index is 0.0174. The molecule has 132 valence electrons. The average Bonchev–Trinajstić information content (AvgIpc) is 2.84. The van der Waals surface area contributed by atoms with Gasteiger partial charge in [0.15, 0.2) is 0 Å². The number of ketones is 3. The van der Waals surface area contributed by atoms with Crippen LogP contribution < -0.4 is 0 Å². The molecule has 0 radical (unpaired) electrons. The highest BCUT2D eigenvalue weighted by Gasteiger charge is 2.63. The number of carbonyl (C=O) groups excluding carboxylic acids is 3. The molecule has 0 aromatic carbocycles. The molecule has 4 aliphatic rings. The van der Waals surface area contributed by atoms with Crippen LogP contribution in [-0.2, 0) is 14.4 Å². The first-order chi connectivity index (χ1) is 11.3. The molecule has 7 atom stereocenters. The molecule has 3 nitrogen and oxygen atoms in total. The third-order valence-corrected chi connectivity index (χ3v) is 8.66. The van der Waals surface area contributed by atoms with E-state index in [1.54, 1.807) is 6.92 Å². The maximum atomic E-state index is 13.3. The fourth-order valence-electron chi connectivity index (χ4n) is 7.53. The molecule has 0 spiro atoms. The lowest BCUT2D eigenvalue weighted by Gasteiger charge is -2.59. The van der Waals surface area contributed by atoms with Crippen molar-refractivity contribution < 1.29 is 14.4 Å². The van der Waals surface area contributed by atoms with E-state index in [2.05, 4.69) is 13.8 Å². The van der Waals surface area contributed by atoms with Crippen LogP contribution in [0.15, 0.2) is 0 Å². The molecule has 0 heterocycles. The number of hydrogen-bond acceptors (Lipinski definition) is 3. The molecule has 0 N–H and O–H groups in total. The van der Waals surface area contributed by atoms with Crippen molar-refractivity contribution in [1.82, 2.24) is 0 Å². The van der Waals surface area contributed by atoms with E-state index < -0.39 is 0 Å². The summed E-state index contributed by atoms with van der Waals surface area (Å²) in [6.07, 6.45) is 7.05. The Morgan fingerprint density at radius 1 is 1.04 bits per heavy atom. The molecular weight excluding hydrogens is 300 g/mol. The van der Waals surface area contributed by atoms with Gasteiger partial charge in [-0.1, -0.05) is 13.8 Å². The van der Waals surface area contributed by atoms with Gasteiger partial charge in [-0.3, -0.25) is 14.4 Å². The Morgan fingerprint density at radius 2 is 1.79 bits per heavy atom. The zero-order valence-corrected chi connectivity index (χ0v) is 15.3. The smallest absolute Gasteiger partial charge is 0.137 e. The van der Waals surface area contributed by atoms with Crippen LogP contribution in [-0.4, -0.2) is 17.3 Å². The molecule has 4 rings (SSSR count). The summed E-state index contributed by atoms with van der Waals surface area (Å²) >= 11 is 0. The Hall–Kier alpha value is -0.990. The first kappa shape index (κ1) is 16.5. The molecular formula is C21H30O3. The maximum Gasteiger partial charge on any atom is 0.137 e. The third-order valence-electron chi connectivity index (χ3n) is 8.66. The van der Waals surface area contributed by atoms with E-state index in [1.807, 2.05) is 0 Å². The number of rotatable bonds is 1. The monoisotopic (exact) mass is 330 g/mol. The van der Waals surface area contributed by atoms with Crippen molar-refractivity contribution in [3.8, 4) is 0 Å². The maximum absolute atomic E-state index is 13.3. The standard InChI is InChI=1S/C21H30O3/c1-12(22)16-6-7-17-15-5-4-13-10-14(23)8-9-20(13,2)19(15)18(24)11-21(16,17)3/h13,15-17,19H,4-11H2,1-3H3/t13-,15-,16+,17+,19+,20-,21+/m0/s1. The fourth-order valence-corrected chi connectivity index (χ4v) is 7.53. The van der Waals surface area contributed by atoms with Gasteiger partial charge in [0.05, 0.1) is 0 Å². The first-order valence-corrected chi connectivity index (χ1v) is 9.82. The van der Waals surface area contributed by atoms with Crippen molar-refractivity contribution in [1.29, 1.82) is 0 Å². The predicted octanol–water partition coefficient (Wildman–Crippen LogP) is 3.98. The molecule has 0 amide bonds. The minimum atomic E-state index is -0.113. The van der Waals surface area contributed by atoms with Gasteiger partial charge in [-0.15, -0.1) is 0 Å². The van der Waals surface area contributed by atoms with E-state index in [9.17, 15) is 14.4 Å². The van der Waals surface area contributed by atoms with E-state index in [0.29, 0.717) is 48.6 Å². The van der Waals surface area contributed by atoms with Crippen LogP contribution in [0.2, 0.25) is 0 Å². The third kappa shape index (κ3) is 2.05. The van der Waals surface area contributed by atoms with Crippen LogP contribution in [0, 0.1) is 40.4 Å². The van der Waals surface area contributed by atoms with Gasteiger partial charge in [0.2, 0.25) is 0 Å². The summed E-state index contributed by atoms with van der Waals surface area (Å²) in [5.41, 5.74) is -0.0959. The Kier molecular flexibility index (Phi) is 3.61. The normalized spacial score (nSPS) is 50.9. The van der Waals surface area contributed by atoms with Crippen LogP contribution >= 0.6 is 0 Å². The molecule has 4 saturated carbocycles. The molecule has 4 fully saturated rings. The summed E-state index contributed by atoms with van der Waals surface area (Å²) in [6, 6.07) is 0. The minimum Gasteiger partial charge on any atom is -0.300 e. The SMILES string of the molecule is CC(=O)[C@H]1CC[C@@H]2[C@@H]3CC[C@H]4CC(=O)CC[C@]4(C)[C@H]3C(=O)C[C@]12C. The van der Waals surface area contributed by atoms with Crippen molar-refractivity contribution in [2.45, 2.75) is 72.1 Å². The van der Waals surface area contributed by atoms with E-state index in [-0.39, 0.29) is 28.4 Å². The van der Waals surface area contributed by atoms with Gasteiger partial charge < -0.3 is 0 Å². The summed E-state index contributed by atoms with van der Waals surface area (Å²) < 4.78 is 0. The second-order valence-corrected chi connectivity index (χ2v) is 9.66. The van der Waals surface area contributed by atoms with Gasteiger partial charge in [-0.05, 0) is 67.6 Å². The Labute approximate surface area is 144 Å². The van der Waals surface area contributed by atoms with Crippen LogP contribution in [0.3, 0.4) is 0 Å². The molecule has 0 bridgehead atoms. The summed E-state index contributed by atoms with van der Waals surface area (Å²) in [5.74, 6) is 2.63. The molecule has 0 unspecified atom stereocenters. The second-order valence-electron chi connectivity index (χ2n) is 9.66. The van der Waals surface area contributed by atoms with Crippen molar-refractivity contribution >= 4 is 17.3 Å². The highest BCUT2D eigenvalue weighted by atomic mass is 16.1. The zero-order valence-electron chi connectivity index (χ0n) is 15.3. The van der Waals surface area contributed by atoms with E-state index in [4.69, 9.17) is 0 Å². The second kappa shape index (κ2) is 5.25. The molecule has 3 heteroatoms. The van der Waals surface area contributed by atoms with Crippen molar-refractivity contribution in [2.75, 3.05) is 0 Å². The van der Waals surface area contributed by atoms with Gasteiger partial charge in [0.1, 0.15) is 17.3 Å². The molecule has 24 heavy (non-hydrogen) atoms. The van der Waals surface area contributed by atoms with Crippen LogP contribution in [0.4, 0.5) is 0 Å². The lowest BCUT2D eigenvalue weighted by atomic mass is 9.44. The van der Waals surface area contributed by atoms with E-state index >= 15 is 0 Å².